The molecular formula is C22H25FN6O3. The van der Waals surface area contributed by atoms with Crippen LogP contribution in [0, 0.1) is 5.82 Å². The number of nitrogens with one attached hydrogen (secondary N) is 2. The fraction of sp³-hybridized carbons (Fsp3) is 0.364. The van der Waals surface area contributed by atoms with E-state index in [1.54, 1.807) is 36.7 Å². The summed E-state index contributed by atoms with van der Waals surface area (Å²) >= 11 is 0. The lowest BCUT2D eigenvalue weighted by Crippen LogP contribution is -2.40. The van der Waals surface area contributed by atoms with Crippen molar-refractivity contribution in [1.29, 1.82) is 0 Å². The van der Waals surface area contributed by atoms with Crippen molar-refractivity contribution in [2.75, 3.05) is 44.2 Å². The van der Waals surface area contributed by atoms with Crippen molar-refractivity contribution in [3.8, 4) is 11.1 Å². The summed E-state index contributed by atoms with van der Waals surface area (Å²) in [4.78, 5) is 28.9. The summed E-state index contributed by atoms with van der Waals surface area (Å²) in [6.45, 7) is 5.36. The number of hydrazone groups is 1. The molecule has 2 N–H and O–H groups in total. The number of carbonyl (C=O) groups excluding carboxylic acids is 2. The van der Waals surface area contributed by atoms with Crippen LogP contribution in [0.5, 0.6) is 0 Å². The van der Waals surface area contributed by atoms with Gasteiger partial charge < -0.3 is 15.4 Å². The van der Waals surface area contributed by atoms with Crippen LogP contribution in [0.2, 0.25) is 0 Å². The second kappa shape index (κ2) is 9.73. The Hall–Kier alpha value is -3.53. The average Bonchev–Trinajstić information content (AvgIpc) is 3.18. The number of pyridine rings is 1. The van der Waals surface area contributed by atoms with E-state index in [1.807, 2.05) is 5.01 Å². The zero-order valence-electron chi connectivity index (χ0n) is 17.8. The Morgan fingerprint density at radius 3 is 2.84 bits per heavy atom. The van der Waals surface area contributed by atoms with Crippen LogP contribution in [-0.2, 0) is 9.53 Å². The van der Waals surface area contributed by atoms with Crippen LogP contribution in [0.4, 0.5) is 14.9 Å². The van der Waals surface area contributed by atoms with Crippen molar-refractivity contribution in [3.05, 3.63) is 48.0 Å². The average molecular weight is 440 g/mol. The predicted octanol–water partition coefficient (Wildman–Crippen LogP) is 1.59. The Kier molecular flexibility index (Phi) is 6.60. The van der Waals surface area contributed by atoms with Gasteiger partial charge in [0.15, 0.2) is 0 Å². The first-order valence-corrected chi connectivity index (χ1v) is 10.5. The molecule has 2 aliphatic heterocycles. The zero-order valence-corrected chi connectivity index (χ0v) is 17.8. The molecule has 32 heavy (non-hydrogen) atoms. The molecule has 2 amide bonds. The van der Waals surface area contributed by atoms with Gasteiger partial charge in [-0.25, -0.2) is 9.18 Å². The van der Waals surface area contributed by atoms with Crippen molar-refractivity contribution < 1.29 is 18.7 Å². The summed E-state index contributed by atoms with van der Waals surface area (Å²) in [5, 5.41) is 12.3. The highest BCUT2D eigenvalue weighted by atomic mass is 19.1. The van der Waals surface area contributed by atoms with Gasteiger partial charge in [0.1, 0.15) is 11.9 Å². The van der Waals surface area contributed by atoms with Gasteiger partial charge in [0.25, 0.3) is 0 Å². The molecule has 0 saturated carbocycles. The van der Waals surface area contributed by atoms with E-state index in [9.17, 15) is 14.0 Å². The van der Waals surface area contributed by atoms with E-state index in [-0.39, 0.29) is 19.0 Å². The number of halogens is 1. The third-order valence-corrected chi connectivity index (χ3v) is 5.26. The number of benzene rings is 1. The van der Waals surface area contributed by atoms with E-state index in [1.165, 1.54) is 17.9 Å². The molecule has 0 aliphatic carbocycles. The molecule has 0 bridgehead atoms. The Bertz CT molecular complexity index is 1010. The highest BCUT2D eigenvalue weighted by molar-refractivity contribution is 5.90. The molecule has 10 heteroatoms. The van der Waals surface area contributed by atoms with Crippen LogP contribution < -0.4 is 15.5 Å². The van der Waals surface area contributed by atoms with Crippen LogP contribution >= 0.6 is 0 Å². The van der Waals surface area contributed by atoms with Gasteiger partial charge in [0.05, 0.1) is 30.7 Å². The molecule has 0 spiro atoms. The van der Waals surface area contributed by atoms with Gasteiger partial charge in [-0.2, -0.15) is 5.10 Å². The van der Waals surface area contributed by atoms with Gasteiger partial charge in [0.2, 0.25) is 5.91 Å². The fourth-order valence-corrected chi connectivity index (χ4v) is 3.55. The second-order valence-corrected chi connectivity index (χ2v) is 7.64. The minimum absolute atomic E-state index is 0.204. The SMILES string of the molecule is CC(=O)NC[C@H]1CN(c2ccc(-c3ccc(/C=N/N4CCNCC4)nc3)c(F)c2)C(=O)O1. The van der Waals surface area contributed by atoms with Crippen LogP contribution in [0.25, 0.3) is 11.1 Å². The van der Waals surface area contributed by atoms with E-state index in [4.69, 9.17) is 4.74 Å². The number of aromatic nitrogens is 1. The Labute approximate surface area is 185 Å². The maximum absolute atomic E-state index is 14.9. The predicted molar refractivity (Wildman–Crippen MR) is 118 cm³/mol. The number of nitrogens with zero attached hydrogens (tertiary/aromatic N) is 4. The highest BCUT2D eigenvalue weighted by Crippen LogP contribution is 2.28. The van der Waals surface area contributed by atoms with Gasteiger partial charge in [-0.1, -0.05) is 6.07 Å². The number of cyclic esters (lactones) is 1. The summed E-state index contributed by atoms with van der Waals surface area (Å²) in [7, 11) is 0. The van der Waals surface area contributed by atoms with Crippen molar-refractivity contribution in [1.82, 2.24) is 20.6 Å². The monoisotopic (exact) mass is 440 g/mol. The zero-order chi connectivity index (χ0) is 22.5. The minimum Gasteiger partial charge on any atom is -0.442 e. The molecule has 0 unspecified atom stereocenters. The van der Waals surface area contributed by atoms with E-state index >= 15 is 0 Å². The van der Waals surface area contributed by atoms with E-state index in [0.29, 0.717) is 22.5 Å². The van der Waals surface area contributed by atoms with E-state index in [0.717, 1.165) is 26.2 Å². The molecule has 168 valence electrons. The van der Waals surface area contributed by atoms with Gasteiger partial charge in [0, 0.05) is 50.4 Å². The lowest BCUT2D eigenvalue weighted by atomic mass is 10.1. The van der Waals surface area contributed by atoms with Gasteiger partial charge in [-0.3, -0.25) is 19.7 Å². The molecule has 2 saturated heterocycles. The van der Waals surface area contributed by atoms with Gasteiger partial charge >= 0.3 is 6.09 Å². The summed E-state index contributed by atoms with van der Waals surface area (Å²) in [5.74, 6) is -0.672. The van der Waals surface area contributed by atoms with Gasteiger partial charge in [-0.05, 0) is 24.3 Å². The first kappa shape index (κ1) is 21.7. The number of carbonyl (C=O) groups is 2. The molecule has 2 aromatic rings. The fourth-order valence-electron chi connectivity index (χ4n) is 3.55. The third kappa shape index (κ3) is 5.20. The number of hydrogen-bond acceptors (Lipinski definition) is 7. The summed E-state index contributed by atoms with van der Waals surface area (Å²) in [5.41, 5.74) is 2.10. The second-order valence-electron chi connectivity index (χ2n) is 7.64. The van der Waals surface area contributed by atoms with Crippen molar-refractivity contribution in [2.24, 2.45) is 5.10 Å². The summed E-state index contributed by atoms with van der Waals surface area (Å²) < 4.78 is 20.1. The molecule has 2 aliphatic rings. The Morgan fingerprint density at radius 2 is 2.16 bits per heavy atom. The standard InChI is InChI=1S/C22H25FN6O3/c1-15(30)25-13-19-14-29(22(31)32-19)18-4-5-20(21(23)10-18)16-2-3-17(26-11-16)12-27-28-8-6-24-7-9-28/h2-5,10-12,19,24H,6-9,13-14H2,1H3,(H,25,30)/b27-12+/t19-/m0/s1. The lowest BCUT2D eigenvalue weighted by molar-refractivity contribution is -0.119. The van der Waals surface area contributed by atoms with Crippen LogP contribution in [0.15, 0.2) is 41.6 Å². The van der Waals surface area contributed by atoms with Crippen LogP contribution in [-0.4, -0.2) is 73.6 Å². The molecule has 4 rings (SSSR count). The number of piperazine rings is 1. The normalized spacial score (nSPS) is 18.8. The smallest absolute Gasteiger partial charge is 0.414 e. The van der Waals surface area contributed by atoms with Crippen molar-refractivity contribution >= 4 is 23.9 Å². The molecule has 9 nitrogen and oxygen atoms in total. The Balaban J connectivity index is 1.42. The van der Waals surface area contributed by atoms with Crippen LogP contribution in [0.1, 0.15) is 12.6 Å². The molecule has 1 atom stereocenters. The van der Waals surface area contributed by atoms with E-state index in [2.05, 4.69) is 20.7 Å². The quantitative estimate of drug-likeness (QED) is 0.662. The molecule has 2 fully saturated rings. The van der Waals surface area contributed by atoms with Gasteiger partial charge in [-0.15, -0.1) is 0 Å². The topological polar surface area (TPSA) is 99.2 Å². The number of anilines is 1. The molecule has 0 radical (unpaired) electrons. The first-order chi connectivity index (χ1) is 15.5. The minimum atomic E-state index is -0.567. The number of hydrogen-bond donors (Lipinski definition) is 2. The maximum Gasteiger partial charge on any atom is 0.414 e. The van der Waals surface area contributed by atoms with Crippen LogP contribution in [0.3, 0.4) is 0 Å². The molecular weight excluding hydrogens is 415 g/mol. The van der Waals surface area contributed by atoms with E-state index < -0.39 is 18.0 Å². The largest absolute Gasteiger partial charge is 0.442 e. The lowest BCUT2D eigenvalue weighted by Gasteiger charge is -2.24. The Morgan fingerprint density at radius 1 is 1.34 bits per heavy atom. The molecule has 1 aromatic heterocycles. The number of ether oxygens (including phenoxy) is 1. The summed E-state index contributed by atoms with van der Waals surface area (Å²) in [6.07, 6.45) is 2.26. The summed E-state index contributed by atoms with van der Waals surface area (Å²) in [6, 6.07) is 8.17. The van der Waals surface area contributed by atoms with Crippen molar-refractivity contribution in [3.63, 3.8) is 0 Å². The maximum atomic E-state index is 14.9. The highest BCUT2D eigenvalue weighted by Gasteiger charge is 2.32. The first-order valence-electron chi connectivity index (χ1n) is 10.5. The number of amides is 2. The molecule has 1 aromatic carbocycles. The third-order valence-electron chi connectivity index (χ3n) is 5.26. The molecule has 3 heterocycles. The number of rotatable bonds is 6. The van der Waals surface area contributed by atoms with Crippen molar-refractivity contribution in [2.45, 2.75) is 13.0 Å².